The molecule has 1 atom stereocenters. The predicted molar refractivity (Wildman–Crippen MR) is 143 cm³/mol. The number of anilines is 1. The van der Waals surface area contributed by atoms with Crippen molar-refractivity contribution in [3.63, 3.8) is 0 Å². The number of hydrogen-bond donors (Lipinski definition) is 4. The van der Waals surface area contributed by atoms with Gasteiger partial charge in [0.05, 0.1) is 12.1 Å². The van der Waals surface area contributed by atoms with Crippen LogP contribution < -0.4 is 16.2 Å². The lowest BCUT2D eigenvalue weighted by Crippen LogP contribution is -2.44. The Kier molecular flexibility index (Phi) is 9.36. The van der Waals surface area contributed by atoms with Crippen LogP contribution in [-0.2, 0) is 22.6 Å². The number of allylic oxidation sites excluding steroid dienone is 1. The molecule has 4 N–H and O–H groups in total. The van der Waals surface area contributed by atoms with Gasteiger partial charge in [0.15, 0.2) is 5.65 Å². The Morgan fingerprint density at radius 3 is 2.68 bits per heavy atom. The van der Waals surface area contributed by atoms with Crippen molar-refractivity contribution in [3.8, 4) is 0 Å². The largest absolute Gasteiger partial charge is 0.465 e. The van der Waals surface area contributed by atoms with Crippen LogP contribution in [0.3, 0.4) is 0 Å². The third-order valence-electron chi connectivity index (χ3n) is 5.69. The van der Waals surface area contributed by atoms with Gasteiger partial charge in [-0.15, -0.1) is 0 Å². The van der Waals surface area contributed by atoms with Gasteiger partial charge in [0.2, 0.25) is 11.8 Å². The second-order valence-corrected chi connectivity index (χ2v) is 9.51. The number of nitrogens with one attached hydrogen (secondary N) is 3. The van der Waals surface area contributed by atoms with Gasteiger partial charge in [-0.25, -0.2) is 14.8 Å². The summed E-state index contributed by atoms with van der Waals surface area (Å²) in [7, 11) is 3.22. The fraction of sp³-hybridized carbons (Fsp3) is 0.385. The van der Waals surface area contributed by atoms with E-state index in [2.05, 4.69) is 39.4 Å². The Morgan fingerprint density at radius 2 is 2.00 bits per heavy atom. The maximum atomic E-state index is 13.1. The first-order valence-corrected chi connectivity index (χ1v) is 12.2. The normalized spacial score (nSPS) is 12.1. The van der Waals surface area contributed by atoms with Crippen molar-refractivity contribution in [1.82, 2.24) is 29.7 Å². The number of likely N-dealkylation sites (N-methyl/N-ethyl adjacent to an activating group) is 1. The van der Waals surface area contributed by atoms with Crippen LogP contribution >= 0.6 is 0 Å². The second kappa shape index (κ2) is 12.7. The van der Waals surface area contributed by atoms with E-state index in [0.29, 0.717) is 17.4 Å². The molecule has 3 aromatic heterocycles. The van der Waals surface area contributed by atoms with Crippen LogP contribution in [0.15, 0.2) is 47.5 Å². The van der Waals surface area contributed by atoms with Crippen LogP contribution in [0, 0.1) is 5.92 Å². The summed E-state index contributed by atoms with van der Waals surface area (Å²) in [6.07, 6.45) is 6.06. The summed E-state index contributed by atoms with van der Waals surface area (Å²) in [5, 5.41) is 13.8. The van der Waals surface area contributed by atoms with Gasteiger partial charge in [-0.05, 0) is 55.0 Å². The number of fused-ring (bicyclic) bond motifs is 1. The van der Waals surface area contributed by atoms with Crippen molar-refractivity contribution in [2.45, 2.75) is 45.7 Å². The highest BCUT2D eigenvalue weighted by Gasteiger charge is 2.21. The van der Waals surface area contributed by atoms with Crippen molar-refractivity contribution in [1.29, 1.82) is 0 Å². The van der Waals surface area contributed by atoms with Gasteiger partial charge >= 0.3 is 6.09 Å². The van der Waals surface area contributed by atoms with Crippen LogP contribution in [0.25, 0.3) is 11.2 Å². The summed E-state index contributed by atoms with van der Waals surface area (Å²) >= 11 is 0. The number of amides is 3. The Hall–Kier alpha value is -4.48. The molecule has 0 bridgehead atoms. The molecule has 3 amide bonds. The molecule has 0 spiro atoms. The quantitative estimate of drug-likeness (QED) is 0.280. The number of pyridine rings is 2. The number of carbonyl (C=O) groups is 3. The zero-order chi connectivity index (χ0) is 27.8. The monoisotopic (exact) mass is 523 g/mol. The van der Waals surface area contributed by atoms with Gasteiger partial charge in [-0.1, -0.05) is 19.9 Å². The first-order valence-electron chi connectivity index (χ1n) is 12.2. The van der Waals surface area contributed by atoms with Crippen LogP contribution in [0.4, 0.5) is 10.5 Å². The minimum atomic E-state index is -1.38. The first kappa shape index (κ1) is 28.1. The van der Waals surface area contributed by atoms with E-state index in [0.717, 1.165) is 17.5 Å². The summed E-state index contributed by atoms with van der Waals surface area (Å²) in [6, 6.07) is 3.88. The Bertz CT molecular complexity index is 1390. The van der Waals surface area contributed by atoms with Crippen LogP contribution in [0.1, 0.15) is 38.1 Å². The lowest BCUT2D eigenvalue weighted by molar-refractivity contribution is -0.123. The molecule has 3 aromatic rings. The Labute approximate surface area is 219 Å². The molecule has 38 heavy (non-hydrogen) atoms. The minimum Gasteiger partial charge on any atom is -0.465 e. The van der Waals surface area contributed by atoms with Crippen LogP contribution in [-0.4, -0.2) is 67.6 Å². The van der Waals surface area contributed by atoms with Crippen molar-refractivity contribution in [2.75, 3.05) is 19.4 Å². The number of imidazole rings is 1. The number of rotatable bonds is 11. The van der Waals surface area contributed by atoms with E-state index < -0.39 is 23.6 Å². The standard InChI is InChI=1S/C26H33N7O5/c1-16(2)14-17-11-12-27-23-22(17)30-20(31-23)15-33-13-7-9-19(25(33)36)28-24(35)18(29-26(37)38)8-5-6-10-21(34)32(3)4/h6-7,9-13,16,18,29H,5,8,14-15H2,1-4H3,(H,28,35)(H,37,38)(H,27,30,31)/b10-6+. The number of hydrogen-bond acceptors (Lipinski definition) is 6. The molecule has 0 aliphatic rings. The molecule has 202 valence electrons. The van der Waals surface area contributed by atoms with Gasteiger partial charge in [-0.3, -0.25) is 14.4 Å². The molecular weight excluding hydrogens is 490 g/mol. The highest BCUT2D eigenvalue weighted by atomic mass is 16.4. The zero-order valence-corrected chi connectivity index (χ0v) is 21.9. The summed E-state index contributed by atoms with van der Waals surface area (Å²) in [6.45, 7) is 4.38. The Balaban J connectivity index is 1.74. The molecular formula is C26H33N7O5. The third kappa shape index (κ3) is 7.51. The molecule has 0 saturated heterocycles. The maximum Gasteiger partial charge on any atom is 0.405 e. The summed E-state index contributed by atoms with van der Waals surface area (Å²) in [5.41, 5.74) is 2.03. The van der Waals surface area contributed by atoms with E-state index in [1.165, 1.54) is 21.6 Å². The fourth-order valence-corrected chi connectivity index (χ4v) is 3.85. The van der Waals surface area contributed by atoms with Crippen molar-refractivity contribution in [2.24, 2.45) is 5.92 Å². The van der Waals surface area contributed by atoms with Crippen molar-refractivity contribution >= 4 is 34.8 Å². The number of aromatic nitrogens is 4. The molecule has 0 aromatic carbocycles. The van der Waals surface area contributed by atoms with Gasteiger partial charge < -0.3 is 30.2 Å². The molecule has 0 saturated carbocycles. The number of carboxylic acid groups (broad SMARTS) is 1. The number of nitrogens with zero attached hydrogens (tertiary/aromatic N) is 4. The number of aromatic amines is 1. The molecule has 0 fully saturated rings. The summed E-state index contributed by atoms with van der Waals surface area (Å²) in [5.74, 6) is 0.0873. The molecule has 12 nitrogen and oxygen atoms in total. The summed E-state index contributed by atoms with van der Waals surface area (Å²) < 4.78 is 1.39. The van der Waals surface area contributed by atoms with E-state index in [1.807, 2.05) is 6.07 Å². The zero-order valence-electron chi connectivity index (χ0n) is 21.9. The molecule has 12 heteroatoms. The lowest BCUT2D eigenvalue weighted by atomic mass is 10.0. The van der Waals surface area contributed by atoms with Gasteiger partial charge in [0, 0.05) is 26.5 Å². The smallest absolute Gasteiger partial charge is 0.405 e. The molecule has 0 radical (unpaired) electrons. The molecule has 3 rings (SSSR count). The predicted octanol–water partition coefficient (Wildman–Crippen LogP) is 2.37. The molecule has 0 aliphatic carbocycles. The fourth-order valence-electron chi connectivity index (χ4n) is 3.85. The van der Waals surface area contributed by atoms with Crippen LogP contribution in [0.5, 0.6) is 0 Å². The van der Waals surface area contributed by atoms with E-state index in [4.69, 9.17) is 5.11 Å². The third-order valence-corrected chi connectivity index (χ3v) is 5.69. The topological polar surface area (TPSA) is 162 Å². The molecule has 1 unspecified atom stereocenters. The van der Waals surface area contributed by atoms with Crippen molar-refractivity contribution in [3.05, 3.63) is 64.5 Å². The average molecular weight is 524 g/mol. The SMILES string of the molecule is CC(C)Cc1ccnc2nc(Cn3cccc(NC(=O)C(CC/C=C/C(=O)N(C)C)NC(=O)O)c3=O)[nH]c12. The van der Waals surface area contributed by atoms with E-state index in [9.17, 15) is 19.2 Å². The summed E-state index contributed by atoms with van der Waals surface area (Å²) in [4.78, 5) is 62.3. The highest BCUT2D eigenvalue weighted by molar-refractivity contribution is 5.96. The van der Waals surface area contributed by atoms with Gasteiger partial charge in [0.1, 0.15) is 17.6 Å². The van der Waals surface area contributed by atoms with Crippen molar-refractivity contribution < 1.29 is 19.5 Å². The Morgan fingerprint density at radius 1 is 1.24 bits per heavy atom. The highest BCUT2D eigenvalue weighted by Crippen LogP contribution is 2.18. The van der Waals surface area contributed by atoms with Gasteiger partial charge in [-0.2, -0.15) is 0 Å². The van der Waals surface area contributed by atoms with Gasteiger partial charge in [0.25, 0.3) is 5.56 Å². The number of carbonyl (C=O) groups excluding carboxylic acids is 2. The van der Waals surface area contributed by atoms with E-state index >= 15 is 0 Å². The number of H-pyrrole nitrogens is 1. The lowest BCUT2D eigenvalue weighted by Gasteiger charge is -2.16. The molecule has 3 heterocycles. The van der Waals surface area contributed by atoms with Crippen LogP contribution in [0.2, 0.25) is 0 Å². The first-order chi connectivity index (χ1) is 18.0. The molecule has 0 aliphatic heterocycles. The second-order valence-electron chi connectivity index (χ2n) is 9.51. The van der Waals surface area contributed by atoms with E-state index in [-0.39, 0.29) is 31.0 Å². The maximum absolute atomic E-state index is 13.1. The van der Waals surface area contributed by atoms with E-state index in [1.54, 1.807) is 38.6 Å². The minimum absolute atomic E-state index is 0.00255. The average Bonchev–Trinajstić information content (AvgIpc) is 3.26.